The van der Waals surface area contributed by atoms with Gasteiger partial charge in [-0.15, -0.1) is 5.10 Å². The first kappa shape index (κ1) is 25.2. The largest absolute Gasteiger partial charge is 0.478 e. The fraction of sp³-hybridized carbons (Fsp3) is 0.393. The molecule has 0 saturated heterocycles. The first-order valence-electron chi connectivity index (χ1n) is 11.7. The van der Waals surface area contributed by atoms with E-state index < -0.39 is 5.97 Å². The molecule has 0 amide bonds. The molecule has 0 heterocycles. The fourth-order valence-corrected chi connectivity index (χ4v) is 4.62. The van der Waals surface area contributed by atoms with Crippen LogP contribution in [-0.4, -0.2) is 35.8 Å². The van der Waals surface area contributed by atoms with Crippen molar-refractivity contribution in [1.82, 2.24) is 5.12 Å². The highest BCUT2D eigenvalue weighted by Gasteiger charge is 2.37. The van der Waals surface area contributed by atoms with E-state index in [9.17, 15) is 4.79 Å². The zero-order valence-electron chi connectivity index (χ0n) is 20.7. The number of carboxylic acids is 1. The van der Waals surface area contributed by atoms with Crippen LogP contribution in [0.15, 0.2) is 46.6 Å². The third kappa shape index (κ3) is 5.74. The molecular formula is C28H36N4O2. The normalized spacial score (nSPS) is 16.5. The topological polar surface area (TPSA) is 91.3 Å². The minimum absolute atomic E-state index is 0.120. The van der Waals surface area contributed by atoms with Crippen molar-refractivity contribution in [2.24, 2.45) is 15.9 Å². The minimum atomic E-state index is -0.917. The number of fused-ring (bicyclic) bond motifs is 1. The van der Waals surface area contributed by atoms with E-state index >= 15 is 0 Å². The van der Waals surface area contributed by atoms with E-state index in [0.717, 1.165) is 31.2 Å². The Labute approximate surface area is 202 Å². The molecule has 0 fully saturated rings. The highest BCUT2D eigenvalue weighted by molar-refractivity contribution is 5.88. The molecule has 0 bridgehead atoms. The van der Waals surface area contributed by atoms with Crippen molar-refractivity contribution in [3.8, 4) is 0 Å². The Morgan fingerprint density at radius 3 is 2.26 bits per heavy atom. The third-order valence-electron chi connectivity index (χ3n) is 6.89. The van der Waals surface area contributed by atoms with Gasteiger partial charge in [0.1, 0.15) is 6.34 Å². The number of hydrogen-bond acceptors (Lipinski definition) is 4. The van der Waals surface area contributed by atoms with Crippen LogP contribution in [0.2, 0.25) is 0 Å². The molecule has 34 heavy (non-hydrogen) atoms. The average Bonchev–Trinajstić information content (AvgIpc) is 2.80. The first-order chi connectivity index (χ1) is 16.1. The van der Waals surface area contributed by atoms with Crippen LogP contribution in [0.3, 0.4) is 0 Å². The third-order valence-corrected chi connectivity index (χ3v) is 6.89. The summed E-state index contributed by atoms with van der Waals surface area (Å²) in [5.41, 5.74) is 12.2. The van der Waals surface area contributed by atoms with Crippen molar-refractivity contribution < 1.29 is 9.90 Å². The van der Waals surface area contributed by atoms with E-state index in [2.05, 4.69) is 62.8 Å². The molecule has 0 radical (unpaired) electrons. The van der Waals surface area contributed by atoms with Crippen LogP contribution in [0, 0.1) is 0 Å². The van der Waals surface area contributed by atoms with E-state index in [-0.39, 0.29) is 16.4 Å². The van der Waals surface area contributed by atoms with Gasteiger partial charge in [0, 0.05) is 6.72 Å². The lowest BCUT2D eigenvalue weighted by Gasteiger charge is -2.42. The summed E-state index contributed by atoms with van der Waals surface area (Å²) < 4.78 is 0. The molecule has 0 aliphatic heterocycles. The maximum absolute atomic E-state index is 11.1. The second kappa shape index (κ2) is 10.2. The summed E-state index contributed by atoms with van der Waals surface area (Å²) >= 11 is 0. The molecule has 2 aromatic carbocycles. The molecule has 2 aromatic rings. The Balaban J connectivity index is 1.97. The molecule has 0 saturated carbocycles. The zero-order valence-corrected chi connectivity index (χ0v) is 20.7. The van der Waals surface area contributed by atoms with Crippen molar-refractivity contribution in [2.75, 3.05) is 6.54 Å². The van der Waals surface area contributed by atoms with Gasteiger partial charge in [-0.2, -0.15) is 10.2 Å². The van der Waals surface area contributed by atoms with Crippen molar-refractivity contribution in [1.29, 1.82) is 0 Å². The molecule has 3 N–H and O–H groups in total. The van der Waals surface area contributed by atoms with Gasteiger partial charge in [0.15, 0.2) is 0 Å². The van der Waals surface area contributed by atoms with Crippen LogP contribution in [0.4, 0.5) is 0 Å². The Hall–Kier alpha value is -3.41. The number of aromatic carboxylic acids is 1. The summed E-state index contributed by atoms with van der Waals surface area (Å²) in [7, 11) is 0. The summed E-state index contributed by atoms with van der Waals surface area (Å²) in [5.74, 6) is -0.917. The summed E-state index contributed by atoms with van der Waals surface area (Å²) in [6.07, 6.45) is 9.46. The highest BCUT2D eigenvalue weighted by atomic mass is 16.4. The lowest BCUT2D eigenvalue weighted by molar-refractivity contribution is 0.0697. The van der Waals surface area contributed by atoms with E-state index in [4.69, 9.17) is 10.8 Å². The number of benzene rings is 2. The molecule has 6 nitrogen and oxygen atoms in total. The lowest BCUT2D eigenvalue weighted by Crippen LogP contribution is -2.34. The van der Waals surface area contributed by atoms with Gasteiger partial charge >= 0.3 is 5.97 Å². The summed E-state index contributed by atoms with van der Waals surface area (Å²) in [6.45, 7) is 13.5. The van der Waals surface area contributed by atoms with E-state index in [0.29, 0.717) is 6.54 Å². The molecule has 180 valence electrons. The standard InChI is InChI=1S/C28H36N4O2/c1-27(2)14-15-28(3,4)25-18-23(13-10-20-8-11-21(12-9-20)26(33)34)22(17-24(25)27)7-6-16-32(30-5)31-19-29/h8-13,17-19H,5-7,14-16H2,1-4H3,(H2,29,31)(H,33,34)/b13-10+. The molecule has 3 rings (SSSR count). The number of carboxylic acid groups (broad SMARTS) is 1. The van der Waals surface area contributed by atoms with Gasteiger partial charge in [-0.3, -0.25) is 0 Å². The van der Waals surface area contributed by atoms with Gasteiger partial charge in [-0.1, -0.05) is 64.1 Å². The summed E-state index contributed by atoms with van der Waals surface area (Å²) in [4.78, 5) is 11.1. The molecule has 0 aromatic heterocycles. The molecule has 6 heteroatoms. The summed E-state index contributed by atoms with van der Waals surface area (Å²) in [5, 5.41) is 18.5. The van der Waals surface area contributed by atoms with Crippen LogP contribution in [0.1, 0.15) is 85.1 Å². The Morgan fingerprint density at radius 1 is 1.09 bits per heavy atom. The molecular weight excluding hydrogens is 424 g/mol. The first-order valence-corrected chi connectivity index (χ1v) is 11.7. The van der Waals surface area contributed by atoms with Crippen LogP contribution in [-0.2, 0) is 17.3 Å². The zero-order chi connectivity index (χ0) is 24.9. The Morgan fingerprint density at radius 2 is 1.71 bits per heavy atom. The second-order valence-corrected chi connectivity index (χ2v) is 10.2. The molecule has 0 spiro atoms. The van der Waals surface area contributed by atoms with Gasteiger partial charge in [-0.25, -0.2) is 4.79 Å². The van der Waals surface area contributed by atoms with Gasteiger partial charge in [0.2, 0.25) is 0 Å². The number of aryl methyl sites for hydroxylation is 1. The minimum Gasteiger partial charge on any atom is -0.478 e. The summed E-state index contributed by atoms with van der Waals surface area (Å²) in [6, 6.07) is 11.7. The molecule has 1 aliphatic carbocycles. The van der Waals surface area contributed by atoms with E-state index in [1.807, 2.05) is 18.2 Å². The molecule has 0 unspecified atom stereocenters. The van der Waals surface area contributed by atoms with Gasteiger partial charge in [0.25, 0.3) is 0 Å². The van der Waals surface area contributed by atoms with Crippen molar-refractivity contribution in [3.05, 3.63) is 69.8 Å². The Bertz CT molecular complexity index is 1100. The predicted molar refractivity (Wildman–Crippen MR) is 141 cm³/mol. The maximum atomic E-state index is 11.1. The molecule has 0 atom stereocenters. The molecule has 1 aliphatic rings. The number of hydrazone groups is 2. The lowest BCUT2D eigenvalue weighted by atomic mass is 9.62. The highest BCUT2D eigenvalue weighted by Crippen LogP contribution is 2.46. The number of nitrogens with zero attached hydrogens (tertiary/aromatic N) is 3. The monoisotopic (exact) mass is 460 g/mol. The van der Waals surface area contributed by atoms with Gasteiger partial charge < -0.3 is 10.8 Å². The SMILES string of the molecule is C=NN(CCCc1cc2c(cc1/C=C/c1ccc(C(=O)O)cc1)C(C)(C)CCC2(C)C)/N=C\N. The number of carbonyl (C=O) groups is 1. The smallest absolute Gasteiger partial charge is 0.335 e. The second-order valence-electron chi connectivity index (χ2n) is 10.2. The number of nitrogens with two attached hydrogens (primary N) is 1. The number of rotatable bonds is 9. The van der Waals surface area contributed by atoms with Crippen molar-refractivity contribution in [2.45, 2.75) is 64.2 Å². The van der Waals surface area contributed by atoms with Gasteiger partial charge in [-0.05, 0) is 76.5 Å². The van der Waals surface area contributed by atoms with Gasteiger partial charge in [0.05, 0.1) is 12.1 Å². The van der Waals surface area contributed by atoms with Crippen molar-refractivity contribution >= 4 is 31.2 Å². The van der Waals surface area contributed by atoms with Crippen LogP contribution in [0.25, 0.3) is 12.2 Å². The number of hydrogen-bond donors (Lipinski definition) is 2. The Kier molecular flexibility index (Phi) is 7.60. The van der Waals surface area contributed by atoms with Crippen molar-refractivity contribution in [3.63, 3.8) is 0 Å². The van der Waals surface area contributed by atoms with E-state index in [1.54, 1.807) is 12.1 Å². The van der Waals surface area contributed by atoms with Crippen LogP contribution < -0.4 is 5.73 Å². The predicted octanol–water partition coefficient (Wildman–Crippen LogP) is 5.66. The van der Waals surface area contributed by atoms with Crippen LogP contribution >= 0.6 is 0 Å². The van der Waals surface area contributed by atoms with E-state index in [1.165, 1.54) is 33.7 Å². The maximum Gasteiger partial charge on any atom is 0.335 e. The fourth-order valence-electron chi connectivity index (χ4n) is 4.62. The van der Waals surface area contributed by atoms with Crippen LogP contribution in [0.5, 0.6) is 0 Å². The average molecular weight is 461 g/mol. The quantitative estimate of drug-likeness (QED) is 0.219.